The minimum atomic E-state index is 0.0722. The highest BCUT2D eigenvalue weighted by atomic mass is 16.2. The molecule has 0 unspecified atom stereocenters. The van der Waals surface area contributed by atoms with Crippen molar-refractivity contribution >= 4 is 17.3 Å². The summed E-state index contributed by atoms with van der Waals surface area (Å²) in [5, 5.41) is 3.23. The number of rotatable bonds is 5. The van der Waals surface area contributed by atoms with E-state index in [0.717, 1.165) is 16.9 Å². The number of nitrogens with zero attached hydrogens (tertiary/aromatic N) is 1. The number of anilines is 2. The maximum absolute atomic E-state index is 12.5. The summed E-state index contributed by atoms with van der Waals surface area (Å²) < 4.78 is 0. The first-order valence-electron chi connectivity index (χ1n) is 8.52. The van der Waals surface area contributed by atoms with Crippen LogP contribution in [0.5, 0.6) is 0 Å². The van der Waals surface area contributed by atoms with Crippen LogP contribution in [0.3, 0.4) is 0 Å². The summed E-state index contributed by atoms with van der Waals surface area (Å²) in [4.78, 5) is 14.4. The lowest BCUT2D eigenvalue weighted by Gasteiger charge is -2.22. The van der Waals surface area contributed by atoms with Crippen molar-refractivity contribution in [3.05, 3.63) is 59.7 Å². The van der Waals surface area contributed by atoms with Gasteiger partial charge in [-0.3, -0.25) is 4.79 Å². The van der Waals surface area contributed by atoms with Crippen molar-refractivity contribution in [1.29, 1.82) is 0 Å². The third-order valence-corrected chi connectivity index (χ3v) is 4.13. The highest BCUT2D eigenvalue weighted by Crippen LogP contribution is 2.23. The van der Waals surface area contributed by atoms with Gasteiger partial charge in [0.15, 0.2) is 0 Å². The van der Waals surface area contributed by atoms with Gasteiger partial charge in [-0.25, -0.2) is 0 Å². The summed E-state index contributed by atoms with van der Waals surface area (Å²) in [6.07, 6.45) is 0. The Bertz CT molecular complexity index is 684. The fourth-order valence-corrected chi connectivity index (χ4v) is 2.66. The number of carbonyl (C=O) groups excluding carboxylic acids is 1. The normalized spacial score (nSPS) is 11.2. The summed E-state index contributed by atoms with van der Waals surface area (Å²) in [7, 11) is 0. The van der Waals surface area contributed by atoms with Crippen LogP contribution in [0.1, 0.15) is 38.8 Å². The summed E-state index contributed by atoms with van der Waals surface area (Å²) in [5.74, 6) is 0.0722. The number of hydrogen-bond donors (Lipinski definition) is 1. The van der Waals surface area contributed by atoms with Crippen molar-refractivity contribution in [2.45, 2.75) is 40.0 Å². The molecule has 24 heavy (non-hydrogen) atoms. The zero-order valence-electron chi connectivity index (χ0n) is 15.4. The molecule has 0 aliphatic rings. The molecule has 1 amide bonds. The SMILES string of the molecule is CCN(C(=O)CNc1ccc(C(C)(C)C)cc1)c1cccc(C)c1. The fraction of sp³-hybridized carbons (Fsp3) is 0.381. The van der Waals surface area contributed by atoms with Gasteiger partial charge in [-0.1, -0.05) is 45.0 Å². The molecule has 1 N–H and O–H groups in total. The van der Waals surface area contributed by atoms with Crippen molar-refractivity contribution in [3.8, 4) is 0 Å². The Morgan fingerprint density at radius 1 is 1.08 bits per heavy atom. The quantitative estimate of drug-likeness (QED) is 0.860. The molecule has 0 saturated heterocycles. The van der Waals surface area contributed by atoms with E-state index in [9.17, 15) is 4.79 Å². The topological polar surface area (TPSA) is 32.3 Å². The summed E-state index contributed by atoms with van der Waals surface area (Å²) in [6, 6.07) is 16.4. The van der Waals surface area contributed by atoms with Crippen molar-refractivity contribution in [1.82, 2.24) is 0 Å². The molecule has 0 saturated carbocycles. The van der Waals surface area contributed by atoms with E-state index in [1.54, 1.807) is 0 Å². The molecule has 2 aromatic carbocycles. The van der Waals surface area contributed by atoms with Crippen molar-refractivity contribution in [2.75, 3.05) is 23.3 Å². The predicted octanol–water partition coefficient (Wildman–Crippen LogP) is 4.76. The number of hydrogen-bond acceptors (Lipinski definition) is 2. The van der Waals surface area contributed by atoms with Gasteiger partial charge < -0.3 is 10.2 Å². The number of benzene rings is 2. The van der Waals surface area contributed by atoms with Gasteiger partial charge in [0.25, 0.3) is 0 Å². The van der Waals surface area contributed by atoms with Crippen LogP contribution < -0.4 is 10.2 Å². The van der Waals surface area contributed by atoms with Gasteiger partial charge in [0.1, 0.15) is 0 Å². The minimum Gasteiger partial charge on any atom is -0.376 e. The molecule has 3 heteroatoms. The first-order valence-corrected chi connectivity index (χ1v) is 8.52. The lowest BCUT2D eigenvalue weighted by Crippen LogP contribution is -2.35. The third-order valence-electron chi connectivity index (χ3n) is 4.13. The Balaban J connectivity index is 2.01. The highest BCUT2D eigenvalue weighted by molar-refractivity contribution is 5.96. The monoisotopic (exact) mass is 324 g/mol. The minimum absolute atomic E-state index is 0.0722. The van der Waals surface area contributed by atoms with Crippen LogP contribution in [0.2, 0.25) is 0 Å². The molecule has 0 bridgehead atoms. The van der Waals surface area contributed by atoms with E-state index in [1.165, 1.54) is 5.56 Å². The molecule has 2 aromatic rings. The second kappa shape index (κ2) is 7.52. The number of aryl methyl sites for hydroxylation is 1. The molecule has 0 aliphatic heterocycles. The van der Waals surface area contributed by atoms with Crippen LogP contribution in [0.25, 0.3) is 0 Å². The van der Waals surface area contributed by atoms with Gasteiger partial charge in [-0.05, 0) is 54.7 Å². The Kier molecular flexibility index (Phi) is 5.66. The molecule has 3 nitrogen and oxygen atoms in total. The lowest BCUT2D eigenvalue weighted by atomic mass is 9.87. The zero-order chi connectivity index (χ0) is 17.7. The van der Waals surface area contributed by atoms with Crippen LogP contribution in [-0.2, 0) is 10.2 Å². The molecule has 0 aromatic heterocycles. The van der Waals surface area contributed by atoms with Gasteiger partial charge in [0, 0.05) is 17.9 Å². The first-order chi connectivity index (χ1) is 11.3. The smallest absolute Gasteiger partial charge is 0.246 e. The molecular formula is C21H28N2O. The average Bonchev–Trinajstić information content (AvgIpc) is 2.53. The summed E-state index contributed by atoms with van der Waals surface area (Å²) in [6.45, 7) is 11.6. The summed E-state index contributed by atoms with van der Waals surface area (Å²) >= 11 is 0. The van der Waals surface area contributed by atoms with Gasteiger partial charge >= 0.3 is 0 Å². The summed E-state index contributed by atoms with van der Waals surface area (Å²) in [5.41, 5.74) is 4.50. The maximum Gasteiger partial charge on any atom is 0.246 e. The zero-order valence-corrected chi connectivity index (χ0v) is 15.4. The number of carbonyl (C=O) groups is 1. The van der Waals surface area contributed by atoms with E-state index in [2.05, 4.69) is 38.2 Å². The third kappa shape index (κ3) is 4.60. The average molecular weight is 324 g/mol. The van der Waals surface area contributed by atoms with E-state index >= 15 is 0 Å². The first kappa shape index (κ1) is 18.1. The molecule has 0 spiro atoms. The molecular weight excluding hydrogens is 296 g/mol. The molecule has 128 valence electrons. The standard InChI is InChI=1S/C21H28N2O/c1-6-23(19-9-7-8-16(2)14-19)20(24)15-22-18-12-10-17(11-13-18)21(3,4)5/h7-14,22H,6,15H2,1-5H3. The Hall–Kier alpha value is -2.29. The van der Waals surface area contributed by atoms with Crippen molar-refractivity contribution in [3.63, 3.8) is 0 Å². The van der Waals surface area contributed by atoms with Gasteiger partial charge in [-0.15, -0.1) is 0 Å². The predicted molar refractivity (Wildman–Crippen MR) is 103 cm³/mol. The van der Waals surface area contributed by atoms with Crippen LogP contribution >= 0.6 is 0 Å². The molecule has 2 rings (SSSR count). The molecule has 0 heterocycles. The largest absolute Gasteiger partial charge is 0.376 e. The van der Waals surface area contributed by atoms with E-state index in [-0.39, 0.29) is 17.9 Å². The van der Waals surface area contributed by atoms with E-state index in [0.29, 0.717) is 6.54 Å². The van der Waals surface area contributed by atoms with Crippen LogP contribution in [0.4, 0.5) is 11.4 Å². The Morgan fingerprint density at radius 2 is 1.75 bits per heavy atom. The molecule has 0 aliphatic carbocycles. The number of likely N-dealkylation sites (N-methyl/N-ethyl adjacent to an activating group) is 1. The van der Waals surface area contributed by atoms with Gasteiger partial charge in [0.2, 0.25) is 5.91 Å². The lowest BCUT2D eigenvalue weighted by molar-refractivity contribution is -0.116. The highest BCUT2D eigenvalue weighted by Gasteiger charge is 2.15. The number of nitrogens with one attached hydrogen (secondary N) is 1. The van der Waals surface area contributed by atoms with E-state index < -0.39 is 0 Å². The Labute approximate surface area is 145 Å². The fourth-order valence-electron chi connectivity index (χ4n) is 2.66. The van der Waals surface area contributed by atoms with Crippen LogP contribution in [0.15, 0.2) is 48.5 Å². The van der Waals surface area contributed by atoms with Crippen molar-refractivity contribution in [2.24, 2.45) is 0 Å². The van der Waals surface area contributed by atoms with Gasteiger partial charge in [-0.2, -0.15) is 0 Å². The van der Waals surface area contributed by atoms with Crippen LogP contribution in [0, 0.1) is 6.92 Å². The maximum atomic E-state index is 12.5. The Morgan fingerprint density at radius 3 is 2.29 bits per heavy atom. The van der Waals surface area contributed by atoms with E-state index in [1.807, 2.05) is 55.1 Å². The molecule has 0 radical (unpaired) electrons. The second-order valence-electron chi connectivity index (χ2n) is 7.16. The van der Waals surface area contributed by atoms with Crippen molar-refractivity contribution < 1.29 is 4.79 Å². The second-order valence-corrected chi connectivity index (χ2v) is 7.16. The van der Waals surface area contributed by atoms with E-state index in [4.69, 9.17) is 0 Å². The molecule has 0 atom stereocenters. The van der Waals surface area contributed by atoms with Gasteiger partial charge in [0.05, 0.1) is 6.54 Å². The van der Waals surface area contributed by atoms with Crippen LogP contribution in [-0.4, -0.2) is 19.0 Å². The molecule has 0 fully saturated rings. The number of amides is 1.